The molecule has 1 heterocycles. The lowest BCUT2D eigenvalue weighted by Gasteiger charge is -2.20. The number of para-hydroxylation sites is 1. The first kappa shape index (κ1) is 21.3. The summed E-state index contributed by atoms with van der Waals surface area (Å²) in [5, 5.41) is 6.83. The fourth-order valence-electron chi connectivity index (χ4n) is 3.03. The van der Waals surface area contributed by atoms with Crippen molar-refractivity contribution in [2.45, 2.75) is 33.1 Å². The molecule has 0 aliphatic rings. The lowest BCUT2D eigenvalue weighted by atomic mass is 10.1. The van der Waals surface area contributed by atoms with Gasteiger partial charge in [-0.15, -0.1) is 4.68 Å². The van der Waals surface area contributed by atoms with E-state index in [4.69, 9.17) is 0 Å². The van der Waals surface area contributed by atoms with Gasteiger partial charge >= 0.3 is 11.7 Å². The second-order valence-electron chi connectivity index (χ2n) is 6.57. The number of halogens is 3. The van der Waals surface area contributed by atoms with Gasteiger partial charge in [0.05, 0.1) is 5.69 Å². The molecule has 0 atom stereocenters. The van der Waals surface area contributed by atoms with Gasteiger partial charge in [-0.05, 0) is 60.0 Å². The van der Waals surface area contributed by atoms with Crippen molar-refractivity contribution in [2.75, 3.05) is 11.4 Å². The van der Waals surface area contributed by atoms with E-state index in [1.165, 1.54) is 12.1 Å². The van der Waals surface area contributed by atoms with Gasteiger partial charge in [0.2, 0.25) is 0 Å². The fraction of sp³-hybridized carbons (Fsp3) is 0.300. The summed E-state index contributed by atoms with van der Waals surface area (Å²) >= 11 is 0. The first-order chi connectivity index (χ1) is 14.4. The van der Waals surface area contributed by atoms with Crippen LogP contribution in [0.25, 0.3) is 5.69 Å². The quantitative estimate of drug-likeness (QED) is 0.572. The number of hydrogen-bond donors (Lipinski definition) is 0. The molecular formula is C20H20F3N5O2. The maximum Gasteiger partial charge on any atom is 0.377 e. The van der Waals surface area contributed by atoms with E-state index in [0.717, 1.165) is 41.5 Å². The summed E-state index contributed by atoms with van der Waals surface area (Å²) < 4.78 is 43.3. The summed E-state index contributed by atoms with van der Waals surface area (Å²) in [7, 11) is 0. The fourth-order valence-corrected chi connectivity index (χ4v) is 3.03. The van der Waals surface area contributed by atoms with Gasteiger partial charge in [0.1, 0.15) is 11.5 Å². The van der Waals surface area contributed by atoms with Crippen molar-refractivity contribution in [3.8, 4) is 5.69 Å². The number of rotatable bonds is 6. The molecule has 0 fully saturated rings. The van der Waals surface area contributed by atoms with Crippen LogP contribution >= 0.6 is 0 Å². The van der Waals surface area contributed by atoms with E-state index in [1.54, 1.807) is 13.0 Å². The smallest absolute Gasteiger partial charge is 0.290 e. The summed E-state index contributed by atoms with van der Waals surface area (Å²) in [6.45, 7) is 3.64. The van der Waals surface area contributed by atoms with E-state index >= 15 is 0 Å². The molecule has 0 N–H and O–H groups in total. The Morgan fingerprint density at radius 1 is 1.03 bits per heavy atom. The molecule has 0 saturated carbocycles. The van der Waals surface area contributed by atoms with Crippen LogP contribution in [0.15, 0.2) is 41.2 Å². The van der Waals surface area contributed by atoms with Gasteiger partial charge in [0, 0.05) is 6.54 Å². The molecule has 0 aliphatic carbocycles. The van der Waals surface area contributed by atoms with Crippen molar-refractivity contribution < 1.29 is 18.0 Å². The molecule has 0 unspecified atom stereocenters. The number of unbranched alkanes of at least 4 members (excludes halogenated alkanes) is 1. The van der Waals surface area contributed by atoms with Crippen LogP contribution < -0.4 is 10.6 Å². The average Bonchev–Trinajstić information content (AvgIpc) is 3.09. The summed E-state index contributed by atoms with van der Waals surface area (Å²) in [6.07, 6.45) is 2.57. The Morgan fingerprint density at radius 3 is 2.33 bits per heavy atom. The zero-order valence-corrected chi connectivity index (χ0v) is 16.5. The molecule has 158 valence electrons. The Labute approximate surface area is 170 Å². The SMILES string of the molecule is CCCCc1ccc(N(CC)C(=O)n2nnn(-c3c(F)cccc3F)c2=O)c(F)c1. The highest BCUT2D eigenvalue weighted by molar-refractivity contribution is 5.92. The highest BCUT2D eigenvalue weighted by Crippen LogP contribution is 2.22. The number of amides is 1. The summed E-state index contributed by atoms with van der Waals surface area (Å²) in [5.41, 5.74) is -1.18. The Kier molecular flexibility index (Phi) is 6.34. The first-order valence-corrected chi connectivity index (χ1v) is 9.48. The van der Waals surface area contributed by atoms with E-state index < -0.39 is 34.9 Å². The van der Waals surface area contributed by atoms with Crippen LogP contribution in [0.3, 0.4) is 0 Å². The third-order valence-corrected chi connectivity index (χ3v) is 4.58. The zero-order valence-electron chi connectivity index (χ0n) is 16.5. The van der Waals surface area contributed by atoms with Gasteiger partial charge in [-0.2, -0.15) is 4.68 Å². The standard InChI is InChI=1S/C20H20F3N5O2/c1-3-5-7-13-10-11-17(16(23)12-13)26(4-2)19(29)28-20(30)27(24-25-28)18-14(21)8-6-9-15(18)22/h6,8-12H,3-5,7H2,1-2H3. The van der Waals surface area contributed by atoms with Crippen LogP contribution in [0.5, 0.6) is 0 Å². The van der Waals surface area contributed by atoms with Gasteiger partial charge in [-0.25, -0.2) is 22.8 Å². The van der Waals surface area contributed by atoms with Crippen LogP contribution in [0.2, 0.25) is 0 Å². The monoisotopic (exact) mass is 419 g/mol. The summed E-state index contributed by atoms with van der Waals surface area (Å²) in [6, 6.07) is 6.52. The molecule has 0 bridgehead atoms. The molecule has 0 aliphatic heterocycles. The molecule has 0 saturated heterocycles. The minimum atomic E-state index is -1.18. The second kappa shape index (κ2) is 8.93. The minimum absolute atomic E-state index is 0.0252. The first-order valence-electron chi connectivity index (χ1n) is 9.48. The van der Waals surface area contributed by atoms with Crippen LogP contribution in [0.1, 0.15) is 32.3 Å². The number of benzene rings is 2. The lowest BCUT2D eigenvalue weighted by Crippen LogP contribution is -2.41. The molecule has 10 heteroatoms. The topological polar surface area (TPSA) is 73.0 Å². The predicted molar refractivity (Wildman–Crippen MR) is 104 cm³/mol. The van der Waals surface area contributed by atoms with Gasteiger partial charge in [-0.1, -0.05) is 25.5 Å². The van der Waals surface area contributed by atoms with Crippen molar-refractivity contribution >= 4 is 11.7 Å². The maximum atomic E-state index is 14.6. The molecule has 3 rings (SSSR count). The molecule has 0 radical (unpaired) electrons. The van der Waals surface area contributed by atoms with E-state index in [-0.39, 0.29) is 12.2 Å². The third-order valence-electron chi connectivity index (χ3n) is 4.58. The molecule has 1 amide bonds. The predicted octanol–water partition coefficient (Wildman–Crippen LogP) is 3.68. The molecule has 7 nitrogen and oxygen atoms in total. The van der Waals surface area contributed by atoms with Gasteiger partial charge in [0.15, 0.2) is 11.6 Å². The maximum absolute atomic E-state index is 14.6. The van der Waals surface area contributed by atoms with Crippen LogP contribution in [-0.2, 0) is 6.42 Å². The van der Waals surface area contributed by atoms with Crippen LogP contribution in [0, 0.1) is 17.5 Å². The Hall–Kier alpha value is -3.43. The van der Waals surface area contributed by atoms with Gasteiger partial charge in [-0.3, -0.25) is 4.90 Å². The number of anilines is 1. The number of tetrazole rings is 1. The number of nitrogens with zero attached hydrogens (tertiary/aromatic N) is 5. The van der Waals surface area contributed by atoms with Crippen molar-refractivity contribution in [2.24, 2.45) is 0 Å². The molecule has 2 aromatic carbocycles. The number of carbonyl (C=O) groups is 1. The number of hydrogen-bond acceptors (Lipinski definition) is 4. The van der Waals surface area contributed by atoms with E-state index in [0.29, 0.717) is 15.8 Å². The van der Waals surface area contributed by atoms with Crippen molar-refractivity contribution in [3.05, 3.63) is 69.9 Å². The molecular weight excluding hydrogens is 399 g/mol. The third kappa shape index (κ3) is 3.98. The highest BCUT2D eigenvalue weighted by Gasteiger charge is 2.25. The van der Waals surface area contributed by atoms with Gasteiger partial charge < -0.3 is 0 Å². The Bertz CT molecular complexity index is 1110. The Morgan fingerprint density at radius 2 is 1.73 bits per heavy atom. The Balaban J connectivity index is 1.96. The molecule has 1 aromatic heterocycles. The van der Waals surface area contributed by atoms with E-state index in [1.807, 2.05) is 6.92 Å². The number of aromatic nitrogens is 4. The zero-order chi connectivity index (χ0) is 21.8. The second-order valence-corrected chi connectivity index (χ2v) is 6.57. The summed E-state index contributed by atoms with van der Waals surface area (Å²) in [5.74, 6) is -2.71. The molecule has 0 spiro atoms. The van der Waals surface area contributed by atoms with Crippen molar-refractivity contribution in [1.82, 2.24) is 19.8 Å². The average molecular weight is 419 g/mol. The van der Waals surface area contributed by atoms with E-state index in [2.05, 4.69) is 10.4 Å². The minimum Gasteiger partial charge on any atom is -0.290 e. The van der Waals surface area contributed by atoms with E-state index in [9.17, 15) is 22.8 Å². The van der Waals surface area contributed by atoms with Crippen molar-refractivity contribution in [3.63, 3.8) is 0 Å². The van der Waals surface area contributed by atoms with Crippen molar-refractivity contribution in [1.29, 1.82) is 0 Å². The normalized spacial score (nSPS) is 11.0. The largest absolute Gasteiger partial charge is 0.377 e. The van der Waals surface area contributed by atoms with Crippen LogP contribution in [-0.4, -0.2) is 32.4 Å². The highest BCUT2D eigenvalue weighted by atomic mass is 19.1. The van der Waals surface area contributed by atoms with Gasteiger partial charge in [0.25, 0.3) is 0 Å². The molecule has 3 aromatic rings. The summed E-state index contributed by atoms with van der Waals surface area (Å²) in [4.78, 5) is 26.4. The number of carbonyl (C=O) groups excluding carboxylic acids is 1. The van der Waals surface area contributed by atoms with Crippen LogP contribution in [0.4, 0.5) is 23.7 Å². The number of aryl methyl sites for hydroxylation is 1. The molecule has 30 heavy (non-hydrogen) atoms. The lowest BCUT2D eigenvalue weighted by molar-refractivity contribution is 0.244.